The smallest absolute Gasteiger partial charge is 0.277 e. The number of rotatable bonds is 6. The number of hydrogen-bond donors (Lipinski definition) is 2. The molecule has 0 bridgehead atoms. The normalized spacial score (nSPS) is 10.3. The van der Waals surface area contributed by atoms with E-state index in [2.05, 4.69) is 25.8 Å². The molecule has 128 valence electrons. The molecule has 2 heterocycles. The van der Waals surface area contributed by atoms with E-state index in [1.54, 1.807) is 13.0 Å². The molecule has 3 rings (SSSR count). The summed E-state index contributed by atoms with van der Waals surface area (Å²) in [7, 11) is 0. The number of aromatic nitrogens is 3. The van der Waals surface area contributed by atoms with Crippen molar-refractivity contribution in [2.24, 2.45) is 0 Å². The minimum absolute atomic E-state index is 0.179. The summed E-state index contributed by atoms with van der Waals surface area (Å²) < 4.78 is 10.3. The third-order valence-corrected chi connectivity index (χ3v) is 3.19. The first kappa shape index (κ1) is 16.4. The van der Waals surface area contributed by atoms with Gasteiger partial charge in [-0.1, -0.05) is 5.16 Å². The highest BCUT2D eigenvalue weighted by Crippen LogP contribution is 2.18. The molecule has 0 saturated carbocycles. The SMILES string of the molecule is CCOc1ccc(Nc2cnc(C(=O)Nc3cc(C)on3)cn2)cc1. The molecule has 25 heavy (non-hydrogen) atoms. The Hall–Kier alpha value is -3.42. The Labute approximate surface area is 144 Å². The molecule has 0 aliphatic heterocycles. The van der Waals surface area contributed by atoms with Crippen molar-refractivity contribution < 1.29 is 14.1 Å². The number of anilines is 3. The average molecular weight is 339 g/mol. The van der Waals surface area contributed by atoms with Crippen LogP contribution >= 0.6 is 0 Å². The van der Waals surface area contributed by atoms with Gasteiger partial charge in [0, 0.05) is 11.8 Å². The Kier molecular flexibility index (Phi) is 4.89. The molecule has 0 aliphatic rings. The van der Waals surface area contributed by atoms with Crippen LogP contribution < -0.4 is 15.4 Å². The van der Waals surface area contributed by atoms with E-state index in [1.165, 1.54) is 12.4 Å². The quantitative estimate of drug-likeness (QED) is 0.711. The summed E-state index contributed by atoms with van der Waals surface area (Å²) in [5.74, 6) is 1.86. The zero-order chi connectivity index (χ0) is 17.6. The van der Waals surface area contributed by atoms with Gasteiger partial charge >= 0.3 is 0 Å². The largest absolute Gasteiger partial charge is 0.494 e. The molecule has 2 N–H and O–H groups in total. The van der Waals surface area contributed by atoms with Gasteiger partial charge < -0.3 is 19.9 Å². The van der Waals surface area contributed by atoms with Gasteiger partial charge in [0.25, 0.3) is 5.91 Å². The second kappa shape index (κ2) is 7.43. The Morgan fingerprint density at radius 2 is 1.96 bits per heavy atom. The van der Waals surface area contributed by atoms with Gasteiger partial charge in [-0.15, -0.1) is 0 Å². The average Bonchev–Trinajstić information content (AvgIpc) is 3.02. The van der Waals surface area contributed by atoms with E-state index >= 15 is 0 Å². The minimum Gasteiger partial charge on any atom is -0.494 e. The Morgan fingerprint density at radius 1 is 1.16 bits per heavy atom. The fraction of sp³-hybridized carbons (Fsp3) is 0.176. The lowest BCUT2D eigenvalue weighted by molar-refractivity contribution is 0.102. The number of carbonyl (C=O) groups excluding carboxylic acids is 1. The van der Waals surface area contributed by atoms with E-state index in [4.69, 9.17) is 9.26 Å². The number of ether oxygens (including phenoxy) is 1. The van der Waals surface area contributed by atoms with Gasteiger partial charge in [-0.2, -0.15) is 0 Å². The van der Waals surface area contributed by atoms with E-state index in [0.717, 1.165) is 11.4 Å². The molecule has 0 radical (unpaired) electrons. The van der Waals surface area contributed by atoms with Crippen LogP contribution in [0, 0.1) is 6.92 Å². The van der Waals surface area contributed by atoms with Crippen molar-refractivity contribution in [2.75, 3.05) is 17.2 Å². The van der Waals surface area contributed by atoms with E-state index in [1.807, 2.05) is 31.2 Å². The molecule has 8 nitrogen and oxygen atoms in total. The number of benzene rings is 1. The van der Waals surface area contributed by atoms with Crippen molar-refractivity contribution in [3.05, 3.63) is 54.2 Å². The highest BCUT2D eigenvalue weighted by Gasteiger charge is 2.11. The Balaban J connectivity index is 1.62. The van der Waals surface area contributed by atoms with Gasteiger partial charge in [-0.25, -0.2) is 9.97 Å². The maximum Gasteiger partial charge on any atom is 0.277 e. The standard InChI is InChI=1S/C17H17N5O3/c1-3-24-13-6-4-12(5-7-13)20-16-10-18-14(9-19-16)17(23)21-15-8-11(2)25-22-15/h4-10H,3H2,1-2H3,(H,19,20)(H,21,22,23). The molecule has 2 aromatic heterocycles. The van der Waals surface area contributed by atoms with Crippen molar-refractivity contribution >= 4 is 23.2 Å². The van der Waals surface area contributed by atoms with Gasteiger partial charge in [-0.3, -0.25) is 4.79 Å². The summed E-state index contributed by atoms with van der Waals surface area (Å²) in [5, 5.41) is 9.39. The molecular formula is C17H17N5O3. The molecule has 0 saturated heterocycles. The summed E-state index contributed by atoms with van der Waals surface area (Å²) >= 11 is 0. The third kappa shape index (κ3) is 4.31. The van der Waals surface area contributed by atoms with Gasteiger partial charge in [-0.05, 0) is 38.1 Å². The number of aryl methyl sites for hydroxylation is 1. The monoisotopic (exact) mass is 339 g/mol. The van der Waals surface area contributed by atoms with Crippen molar-refractivity contribution in [3.8, 4) is 5.75 Å². The van der Waals surface area contributed by atoms with Crippen LogP contribution in [-0.2, 0) is 0 Å². The fourth-order valence-corrected chi connectivity index (χ4v) is 2.06. The molecule has 1 amide bonds. The summed E-state index contributed by atoms with van der Waals surface area (Å²) in [4.78, 5) is 20.4. The Morgan fingerprint density at radius 3 is 2.56 bits per heavy atom. The number of nitrogens with one attached hydrogen (secondary N) is 2. The van der Waals surface area contributed by atoms with E-state index in [-0.39, 0.29) is 5.69 Å². The molecule has 0 unspecified atom stereocenters. The summed E-state index contributed by atoms with van der Waals surface area (Å²) in [5.41, 5.74) is 1.02. The Bertz CT molecular complexity index is 843. The maximum atomic E-state index is 12.1. The van der Waals surface area contributed by atoms with Crippen LogP contribution in [0.5, 0.6) is 5.75 Å². The van der Waals surface area contributed by atoms with Gasteiger partial charge in [0.05, 0.1) is 19.0 Å². The van der Waals surface area contributed by atoms with Crippen LogP contribution in [-0.4, -0.2) is 27.6 Å². The highest BCUT2D eigenvalue weighted by molar-refractivity contribution is 6.02. The summed E-state index contributed by atoms with van der Waals surface area (Å²) in [6.45, 7) is 4.29. The number of amides is 1. The first-order valence-corrected chi connectivity index (χ1v) is 7.70. The second-order valence-electron chi connectivity index (χ2n) is 5.15. The molecule has 8 heteroatoms. The molecule has 0 aliphatic carbocycles. The van der Waals surface area contributed by atoms with Gasteiger partial charge in [0.15, 0.2) is 5.82 Å². The molecule has 0 spiro atoms. The van der Waals surface area contributed by atoms with Crippen LogP contribution in [0.25, 0.3) is 0 Å². The van der Waals surface area contributed by atoms with Crippen molar-refractivity contribution in [3.63, 3.8) is 0 Å². The van der Waals surface area contributed by atoms with Crippen molar-refractivity contribution in [2.45, 2.75) is 13.8 Å². The van der Waals surface area contributed by atoms with Crippen LogP contribution in [0.15, 0.2) is 47.2 Å². The first-order valence-electron chi connectivity index (χ1n) is 7.70. The zero-order valence-corrected chi connectivity index (χ0v) is 13.8. The van der Waals surface area contributed by atoms with E-state index in [0.29, 0.717) is 24.0 Å². The predicted octanol–water partition coefficient (Wildman–Crippen LogP) is 3.17. The number of hydrogen-bond acceptors (Lipinski definition) is 7. The molecule has 0 fully saturated rings. The van der Waals surface area contributed by atoms with Gasteiger partial charge in [0.1, 0.15) is 23.0 Å². The second-order valence-corrected chi connectivity index (χ2v) is 5.15. The van der Waals surface area contributed by atoms with E-state index in [9.17, 15) is 4.79 Å². The van der Waals surface area contributed by atoms with E-state index < -0.39 is 5.91 Å². The van der Waals surface area contributed by atoms with Crippen molar-refractivity contribution in [1.82, 2.24) is 15.1 Å². The fourth-order valence-electron chi connectivity index (χ4n) is 2.06. The lowest BCUT2D eigenvalue weighted by atomic mass is 10.3. The lowest BCUT2D eigenvalue weighted by Crippen LogP contribution is -2.14. The third-order valence-electron chi connectivity index (χ3n) is 3.19. The topological polar surface area (TPSA) is 102 Å². The van der Waals surface area contributed by atoms with Crippen LogP contribution in [0.4, 0.5) is 17.3 Å². The minimum atomic E-state index is -0.409. The number of nitrogens with zero attached hydrogens (tertiary/aromatic N) is 3. The van der Waals surface area contributed by atoms with Crippen LogP contribution in [0.2, 0.25) is 0 Å². The molecule has 0 atom stereocenters. The van der Waals surface area contributed by atoms with Crippen molar-refractivity contribution in [1.29, 1.82) is 0 Å². The zero-order valence-electron chi connectivity index (χ0n) is 13.8. The first-order chi connectivity index (χ1) is 12.1. The van der Waals surface area contributed by atoms with Crippen LogP contribution in [0.3, 0.4) is 0 Å². The molecular weight excluding hydrogens is 322 g/mol. The highest BCUT2D eigenvalue weighted by atomic mass is 16.5. The number of carbonyl (C=O) groups is 1. The predicted molar refractivity (Wildman–Crippen MR) is 92.1 cm³/mol. The van der Waals surface area contributed by atoms with Crippen LogP contribution in [0.1, 0.15) is 23.2 Å². The molecule has 1 aromatic carbocycles. The lowest BCUT2D eigenvalue weighted by Gasteiger charge is -2.07. The summed E-state index contributed by atoms with van der Waals surface area (Å²) in [6.07, 6.45) is 2.87. The summed E-state index contributed by atoms with van der Waals surface area (Å²) in [6, 6.07) is 9.09. The maximum absolute atomic E-state index is 12.1. The van der Waals surface area contributed by atoms with Gasteiger partial charge in [0.2, 0.25) is 0 Å². The molecule has 3 aromatic rings.